The predicted molar refractivity (Wildman–Crippen MR) is 304 cm³/mol. The van der Waals surface area contributed by atoms with E-state index >= 15 is 0 Å². The second kappa shape index (κ2) is 29.0. The van der Waals surface area contributed by atoms with E-state index in [1.165, 1.54) is 44.5 Å². The molecule has 0 aromatic heterocycles. The van der Waals surface area contributed by atoms with Crippen molar-refractivity contribution in [3.63, 3.8) is 0 Å². The Morgan fingerprint density at radius 2 is 0.724 bits per heavy atom. The highest BCUT2D eigenvalue weighted by molar-refractivity contribution is 5.81. The van der Waals surface area contributed by atoms with Gasteiger partial charge in [-0.05, 0) is 122 Å². The summed E-state index contributed by atoms with van der Waals surface area (Å²) in [5.41, 5.74) is 17.3. The molecule has 0 saturated heterocycles. The van der Waals surface area contributed by atoms with Gasteiger partial charge in [0.25, 0.3) is 0 Å². The number of rotatable bonds is 18. The predicted octanol–water partition coefficient (Wildman–Crippen LogP) is 11.1. The van der Waals surface area contributed by atoms with Crippen molar-refractivity contribution in [3.8, 4) is 22.3 Å². The van der Waals surface area contributed by atoms with Crippen LogP contribution in [0.3, 0.4) is 0 Å². The second-order valence-electron chi connectivity index (χ2n) is 18.1. The molecule has 0 atom stereocenters. The zero-order valence-corrected chi connectivity index (χ0v) is 43.1. The molecule has 0 aliphatic heterocycles. The van der Waals surface area contributed by atoms with E-state index in [0.717, 1.165) is 51.5 Å². The van der Waals surface area contributed by atoms with Crippen LogP contribution in [-0.2, 0) is 45.5 Å². The van der Waals surface area contributed by atoms with Crippen molar-refractivity contribution in [2.75, 3.05) is 61.2 Å². The van der Waals surface area contributed by atoms with Crippen molar-refractivity contribution in [2.24, 2.45) is 0 Å². The zero-order chi connectivity index (χ0) is 53.5. The van der Waals surface area contributed by atoms with Gasteiger partial charge >= 0.3 is 11.9 Å². The molecule has 0 radical (unpaired) electrons. The molecule has 8 aromatic carbocycles. The molecule has 0 bridgehead atoms. The molecule has 2 aliphatic carbocycles. The number of aliphatic hydroxyl groups excluding tert-OH is 4. The number of benzene rings is 8. The third kappa shape index (κ3) is 15.4. The molecule has 0 spiro atoms. The van der Waals surface area contributed by atoms with E-state index in [2.05, 4.69) is 76.7 Å². The van der Waals surface area contributed by atoms with E-state index in [1.54, 1.807) is 0 Å². The molecule has 12 nitrogen and oxygen atoms in total. The molecule has 0 heterocycles. The molecule has 0 saturated carbocycles. The third-order valence-corrected chi connectivity index (χ3v) is 13.1. The average Bonchev–Trinajstić information content (AvgIpc) is 3.99. The van der Waals surface area contributed by atoms with Crippen LogP contribution in [0.1, 0.15) is 69.7 Å². The van der Waals surface area contributed by atoms with Gasteiger partial charge in [-0.15, -0.1) is 0 Å². The Balaban J connectivity index is 0.000000162. The van der Waals surface area contributed by atoms with Crippen molar-refractivity contribution in [1.82, 2.24) is 0 Å². The van der Waals surface area contributed by atoms with Crippen molar-refractivity contribution >= 4 is 34.7 Å². The minimum Gasteiger partial charge on any atom is -0.465 e. The van der Waals surface area contributed by atoms with Crippen LogP contribution in [0.4, 0.5) is 22.7 Å². The third-order valence-electron chi connectivity index (χ3n) is 13.1. The number of fused-ring (bicyclic) bond motifs is 6. The van der Waals surface area contributed by atoms with Gasteiger partial charge in [0.05, 0.1) is 32.8 Å². The van der Waals surface area contributed by atoms with E-state index in [0.29, 0.717) is 26.2 Å². The summed E-state index contributed by atoms with van der Waals surface area (Å²) in [5.74, 6) is -0.329. The van der Waals surface area contributed by atoms with Crippen molar-refractivity contribution in [3.05, 3.63) is 239 Å². The Morgan fingerprint density at radius 1 is 0.408 bits per heavy atom. The molecule has 0 fully saturated rings. The van der Waals surface area contributed by atoms with Gasteiger partial charge in [-0.2, -0.15) is 0 Å². The minimum atomic E-state index is -0.289. The van der Waals surface area contributed by atoms with Crippen LogP contribution in [0.2, 0.25) is 0 Å². The fourth-order valence-electron chi connectivity index (χ4n) is 9.00. The number of aliphatic hydroxyl groups is 4. The standard InChI is InChI=1S/C24H23NO3.C23H21NO3.C9H13NO.C8H11NO/c26-15-17-9-11-18(12-10-17)25-14-13-24(27)28-16-23-21-7-3-1-5-19(21)20-6-2-4-8-22(20)23;25-14-16-9-11-17(12-10-16)24-13-23(26)27-15-22-20-7-3-1-5-18(20)19-6-2-4-8-21(19)22;1-2-10-9-5-3-8(7-11)4-6-9;1-9-8-4-2-7(6-10)3-5-8/h1-12,23,25-26H,13-16H2;1-12,22,24-25H,13-15H2;3-6,10-11H,2,7H2,1H3;2-5,9-10H,6H2,1H3. The van der Waals surface area contributed by atoms with Gasteiger partial charge < -0.3 is 51.2 Å². The lowest BCUT2D eigenvalue weighted by Crippen LogP contribution is -2.19. The maximum atomic E-state index is 12.2. The first kappa shape index (κ1) is 55.5. The maximum Gasteiger partial charge on any atom is 0.325 e. The van der Waals surface area contributed by atoms with E-state index < -0.39 is 0 Å². The quantitative estimate of drug-likeness (QED) is 0.0382. The van der Waals surface area contributed by atoms with E-state index in [4.69, 9.17) is 29.9 Å². The molecule has 8 aromatic rings. The van der Waals surface area contributed by atoms with Gasteiger partial charge in [0.1, 0.15) is 19.8 Å². The summed E-state index contributed by atoms with van der Waals surface area (Å²) in [4.78, 5) is 24.4. The lowest BCUT2D eigenvalue weighted by molar-refractivity contribution is -0.144. The zero-order valence-electron chi connectivity index (χ0n) is 43.1. The van der Waals surface area contributed by atoms with Gasteiger partial charge in [0.2, 0.25) is 0 Å². The fraction of sp³-hybridized carbons (Fsp3) is 0.219. The number of carbonyl (C=O) groups is 2. The van der Waals surface area contributed by atoms with Crippen LogP contribution >= 0.6 is 0 Å². The van der Waals surface area contributed by atoms with Gasteiger partial charge in [0.15, 0.2) is 0 Å². The van der Waals surface area contributed by atoms with Crippen LogP contribution < -0.4 is 21.3 Å². The molecule has 12 heteroatoms. The number of hydrogen-bond acceptors (Lipinski definition) is 12. The normalized spacial score (nSPS) is 11.6. The number of esters is 2. The van der Waals surface area contributed by atoms with Crippen molar-refractivity contribution in [1.29, 1.82) is 0 Å². The smallest absolute Gasteiger partial charge is 0.325 e. The molecule has 10 rings (SSSR count). The van der Waals surface area contributed by atoms with Gasteiger partial charge in [-0.3, -0.25) is 9.59 Å². The van der Waals surface area contributed by atoms with Crippen LogP contribution in [-0.4, -0.2) is 72.3 Å². The highest BCUT2D eigenvalue weighted by Crippen LogP contribution is 2.45. The summed E-state index contributed by atoms with van der Waals surface area (Å²) in [5, 5.41) is 48.0. The van der Waals surface area contributed by atoms with E-state index in [9.17, 15) is 9.59 Å². The van der Waals surface area contributed by atoms with Gasteiger partial charge in [0, 0.05) is 54.7 Å². The topological polar surface area (TPSA) is 182 Å². The Bertz CT molecular complexity index is 2940. The summed E-state index contributed by atoms with van der Waals surface area (Å²) in [6.45, 7) is 4.56. The molecule has 0 unspecified atom stereocenters. The average molecular weight is 1020 g/mol. The SMILES string of the molecule is CCNc1ccc(CO)cc1.CNc1ccc(CO)cc1.O=C(CCNc1ccc(CO)cc1)OCC1c2ccccc2-c2ccccc21.O=C(CNc1ccc(CO)cc1)OCC1c2ccccc2-c2ccccc21. The molecule has 2 aliphatic rings. The molecule has 76 heavy (non-hydrogen) atoms. The fourth-order valence-corrected chi connectivity index (χ4v) is 9.00. The first-order chi connectivity index (χ1) is 37.2. The van der Waals surface area contributed by atoms with Gasteiger partial charge in [-0.1, -0.05) is 146 Å². The molecule has 8 N–H and O–H groups in total. The summed E-state index contributed by atoms with van der Waals surface area (Å²) in [6.07, 6.45) is 0.303. The van der Waals surface area contributed by atoms with Crippen molar-refractivity contribution in [2.45, 2.75) is 51.6 Å². The summed E-state index contributed by atoms with van der Waals surface area (Å²) < 4.78 is 11.2. The number of carbonyl (C=O) groups excluding carboxylic acids is 2. The Hall–Kier alpha value is -8.26. The Kier molecular flexibility index (Phi) is 21.2. The Labute approximate surface area is 446 Å². The monoisotopic (exact) mass is 1020 g/mol. The summed E-state index contributed by atoms with van der Waals surface area (Å²) in [7, 11) is 1.87. The first-order valence-corrected chi connectivity index (χ1v) is 25.6. The van der Waals surface area contributed by atoms with Crippen LogP contribution in [0, 0.1) is 0 Å². The Morgan fingerprint density at radius 3 is 1.07 bits per heavy atom. The molecular weight excluding hydrogens is 953 g/mol. The summed E-state index contributed by atoms with van der Waals surface area (Å²) in [6, 6.07) is 63.5. The number of hydrogen-bond donors (Lipinski definition) is 8. The molecular formula is C64H68N4O8. The highest BCUT2D eigenvalue weighted by Gasteiger charge is 2.30. The molecule has 392 valence electrons. The van der Waals surface area contributed by atoms with Crippen LogP contribution in [0.5, 0.6) is 0 Å². The van der Waals surface area contributed by atoms with Crippen LogP contribution in [0.15, 0.2) is 194 Å². The van der Waals surface area contributed by atoms with Crippen LogP contribution in [0.25, 0.3) is 22.3 Å². The first-order valence-electron chi connectivity index (χ1n) is 25.6. The number of nitrogens with one attached hydrogen (secondary N) is 4. The number of ether oxygens (including phenoxy) is 2. The van der Waals surface area contributed by atoms with E-state index in [1.807, 2.05) is 153 Å². The lowest BCUT2D eigenvalue weighted by Gasteiger charge is -2.14. The second-order valence-corrected chi connectivity index (χ2v) is 18.1. The summed E-state index contributed by atoms with van der Waals surface area (Å²) >= 11 is 0. The minimum absolute atomic E-state index is 0.00661. The largest absolute Gasteiger partial charge is 0.465 e. The lowest BCUT2D eigenvalue weighted by atomic mass is 9.98. The van der Waals surface area contributed by atoms with Gasteiger partial charge in [-0.25, -0.2) is 0 Å². The maximum absolute atomic E-state index is 12.2. The van der Waals surface area contributed by atoms with Crippen molar-refractivity contribution < 1.29 is 39.5 Å². The molecule has 0 amide bonds. The van der Waals surface area contributed by atoms with E-state index in [-0.39, 0.29) is 56.7 Å². The number of anilines is 4. The highest BCUT2D eigenvalue weighted by atomic mass is 16.5.